The lowest BCUT2D eigenvalue weighted by Gasteiger charge is -2.30. The first-order valence-electron chi connectivity index (χ1n) is 11.7. The average Bonchev–Trinajstić information content (AvgIpc) is 2.76. The lowest BCUT2D eigenvalue weighted by Crippen LogP contribution is -2.49. The van der Waals surface area contributed by atoms with Gasteiger partial charge >= 0.3 is 0 Å². The first-order chi connectivity index (χ1) is 16.3. The number of hydrogen-bond acceptors (Lipinski definition) is 4. The van der Waals surface area contributed by atoms with Crippen molar-refractivity contribution in [1.82, 2.24) is 10.2 Å². The van der Waals surface area contributed by atoms with Gasteiger partial charge in [-0.3, -0.25) is 13.9 Å². The van der Waals surface area contributed by atoms with Gasteiger partial charge in [0.2, 0.25) is 21.8 Å². The first-order valence-corrected chi connectivity index (χ1v) is 13.9. The molecule has 0 saturated heterocycles. The Kier molecular flexibility index (Phi) is 10.2. The Bertz CT molecular complexity index is 1150. The van der Waals surface area contributed by atoms with E-state index < -0.39 is 16.1 Å². The normalized spacial score (nSPS) is 12.3. The highest BCUT2D eigenvalue weighted by atomic mass is 35.5. The number of amides is 2. The van der Waals surface area contributed by atoms with E-state index in [1.54, 1.807) is 25.1 Å². The molecule has 0 spiro atoms. The number of rotatable bonds is 11. The Labute approximate surface area is 214 Å². The van der Waals surface area contributed by atoms with Crippen LogP contribution in [0.1, 0.15) is 50.3 Å². The van der Waals surface area contributed by atoms with Gasteiger partial charge in [0.1, 0.15) is 6.04 Å². The largest absolute Gasteiger partial charge is 0.352 e. The summed E-state index contributed by atoms with van der Waals surface area (Å²) in [5.74, 6) is -0.501. The second kappa shape index (κ2) is 12.4. The van der Waals surface area contributed by atoms with E-state index in [0.29, 0.717) is 17.1 Å². The molecule has 0 aliphatic heterocycles. The number of sulfonamides is 1. The Morgan fingerprint density at radius 1 is 1.03 bits per heavy atom. The Morgan fingerprint density at radius 3 is 2.29 bits per heavy atom. The number of nitrogens with zero attached hydrogens (tertiary/aromatic N) is 2. The van der Waals surface area contributed by atoms with Crippen LogP contribution < -0.4 is 9.62 Å². The summed E-state index contributed by atoms with van der Waals surface area (Å²) in [6.07, 6.45) is 1.55. The van der Waals surface area contributed by atoms with E-state index in [4.69, 9.17) is 11.6 Å². The number of hydrogen-bond donors (Lipinski definition) is 1. The van der Waals surface area contributed by atoms with Crippen LogP contribution in [0.3, 0.4) is 0 Å². The summed E-state index contributed by atoms with van der Waals surface area (Å²) in [6.45, 7) is 9.55. The summed E-state index contributed by atoms with van der Waals surface area (Å²) in [5.41, 5.74) is 3.21. The molecule has 0 bridgehead atoms. The first kappa shape index (κ1) is 28.7. The number of carbonyl (C=O) groups is 2. The maximum atomic E-state index is 13.3. The zero-order valence-corrected chi connectivity index (χ0v) is 22.9. The minimum atomic E-state index is -3.55. The third-order valence-electron chi connectivity index (χ3n) is 5.89. The molecule has 2 aromatic carbocycles. The summed E-state index contributed by atoms with van der Waals surface area (Å²) in [6, 6.07) is 11.9. The average molecular weight is 522 g/mol. The smallest absolute Gasteiger partial charge is 0.242 e. The highest BCUT2D eigenvalue weighted by Crippen LogP contribution is 2.26. The van der Waals surface area contributed by atoms with E-state index >= 15 is 0 Å². The molecule has 0 heterocycles. The van der Waals surface area contributed by atoms with E-state index in [1.165, 1.54) is 15.5 Å². The van der Waals surface area contributed by atoms with Gasteiger partial charge in [-0.05, 0) is 69.9 Å². The fourth-order valence-electron chi connectivity index (χ4n) is 3.79. The van der Waals surface area contributed by atoms with Crippen molar-refractivity contribution in [2.75, 3.05) is 17.1 Å². The predicted octanol–water partition coefficient (Wildman–Crippen LogP) is 4.44. The van der Waals surface area contributed by atoms with Crippen molar-refractivity contribution in [2.45, 2.75) is 66.1 Å². The molecule has 1 atom stereocenters. The molecule has 9 heteroatoms. The van der Waals surface area contributed by atoms with Crippen molar-refractivity contribution in [1.29, 1.82) is 0 Å². The second-order valence-electron chi connectivity index (χ2n) is 9.11. The topological polar surface area (TPSA) is 86.8 Å². The monoisotopic (exact) mass is 521 g/mol. The van der Waals surface area contributed by atoms with Gasteiger partial charge in [0.05, 0.1) is 11.9 Å². The van der Waals surface area contributed by atoms with Crippen LogP contribution in [-0.4, -0.2) is 50.0 Å². The number of carbonyl (C=O) groups excluding carboxylic acids is 2. The van der Waals surface area contributed by atoms with Gasteiger partial charge in [-0.1, -0.05) is 41.9 Å². The summed E-state index contributed by atoms with van der Waals surface area (Å²) < 4.78 is 26.4. The van der Waals surface area contributed by atoms with Crippen LogP contribution in [0.4, 0.5) is 5.69 Å². The highest BCUT2D eigenvalue weighted by molar-refractivity contribution is 7.92. The number of halogens is 1. The van der Waals surface area contributed by atoms with E-state index in [9.17, 15) is 18.0 Å². The van der Waals surface area contributed by atoms with Crippen LogP contribution in [0.15, 0.2) is 42.5 Å². The summed E-state index contributed by atoms with van der Waals surface area (Å²) in [7, 11) is -3.55. The van der Waals surface area contributed by atoms with E-state index in [0.717, 1.165) is 16.7 Å². The van der Waals surface area contributed by atoms with Crippen molar-refractivity contribution in [3.8, 4) is 0 Å². The third kappa shape index (κ3) is 7.97. The maximum absolute atomic E-state index is 13.3. The van der Waals surface area contributed by atoms with Gasteiger partial charge in [0, 0.05) is 30.6 Å². The SMILES string of the molecule is Cc1cccc(N(CCCC(=O)N(Cc2ccccc2Cl)[C@@H](C)C(=O)NC(C)C)S(C)(=O)=O)c1C. The predicted molar refractivity (Wildman–Crippen MR) is 142 cm³/mol. The molecule has 2 aromatic rings. The molecule has 0 aromatic heterocycles. The molecule has 1 N–H and O–H groups in total. The summed E-state index contributed by atoms with van der Waals surface area (Å²) >= 11 is 6.32. The molecule has 2 amide bonds. The third-order valence-corrected chi connectivity index (χ3v) is 7.44. The lowest BCUT2D eigenvalue weighted by atomic mass is 10.1. The van der Waals surface area contributed by atoms with Crippen molar-refractivity contribution < 1.29 is 18.0 Å². The summed E-state index contributed by atoms with van der Waals surface area (Å²) in [4.78, 5) is 27.5. The van der Waals surface area contributed by atoms with Gasteiger partial charge in [-0.2, -0.15) is 0 Å². The Morgan fingerprint density at radius 2 is 1.69 bits per heavy atom. The molecule has 0 radical (unpaired) electrons. The van der Waals surface area contributed by atoms with E-state index in [-0.39, 0.29) is 37.4 Å². The minimum absolute atomic E-state index is 0.0666. The van der Waals surface area contributed by atoms with Crippen LogP contribution in [0.2, 0.25) is 5.02 Å². The molecule has 0 fully saturated rings. The van der Waals surface area contributed by atoms with E-state index in [2.05, 4.69) is 5.32 Å². The van der Waals surface area contributed by atoms with Gasteiger partial charge in [0.15, 0.2) is 0 Å². The molecule has 0 aliphatic rings. The lowest BCUT2D eigenvalue weighted by molar-refractivity contribution is -0.140. The quantitative estimate of drug-likeness (QED) is 0.473. The van der Waals surface area contributed by atoms with Crippen LogP contribution in [0.5, 0.6) is 0 Å². The fraction of sp³-hybridized carbons (Fsp3) is 0.462. The van der Waals surface area contributed by atoms with Crippen molar-refractivity contribution in [2.24, 2.45) is 0 Å². The zero-order valence-electron chi connectivity index (χ0n) is 21.3. The number of aryl methyl sites for hydroxylation is 1. The molecule has 0 aliphatic carbocycles. The maximum Gasteiger partial charge on any atom is 0.242 e. The van der Waals surface area contributed by atoms with Crippen LogP contribution >= 0.6 is 11.6 Å². The van der Waals surface area contributed by atoms with Gasteiger partial charge < -0.3 is 10.2 Å². The second-order valence-corrected chi connectivity index (χ2v) is 11.4. The van der Waals surface area contributed by atoms with Crippen molar-refractivity contribution in [3.05, 3.63) is 64.2 Å². The van der Waals surface area contributed by atoms with Gasteiger partial charge in [-0.25, -0.2) is 8.42 Å². The fourth-order valence-corrected chi connectivity index (χ4v) is 5.00. The number of nitrogens with one attached hydrogen (secondary N) is 1. The van der Waals surface area contributed by atoms with Crippen molar-refractivity contribution in [3.63, 3.8) is 0 Å². The molecule has 0 saturated carbocycles. The highest BCUT2D eigenvalue weighted by Gasteiger charge is 2.27. The van der Waals surface area contributed by atoms with Crippen LogP contribution in [-0.2, 0) is 26.2 Å². The standard InChI is InChI=1S/C26H36ClN3O4S/c1-18(2)28-26(32)21(5)29(17-22-12-7-8-13-23(22)27)25(31)15-10-16-30(35(6,33)34)24-14-9-11-19(3)20(24)4/h7-9,11-14,18,21H,10,15-17H2,1-6H3,(H,28,32)/t21-/m0/s1. The Hall–Kier alpha value is -2.58. The zero-order chi connectivity index (χ0) is 26.3. The molecule has 35 heavy (non-hydrogen) atoms. The molecule has 2 rings (SSSR count). The van der Waals surface area contributed by atoms with Gasteiger partial charge in [0.25, 0.3) is 0 Å². The van der Waals surface area contributed by atoms with Gasteiger partial charge in [-0.15, -0.1) is 0 Å². The molecule has 0 unspecified atom stereocenters. The summed E-state index contributed by atoms with van der Waals surface area (Å²) in [5, 5.41) is 3.37. The number of anilines is 1. The minimum Gasteiger partial charge on any atom is -0.352 e. The molecular weight excluding hydrogens is 486 g/mol. The Balaban J connectivity index is 2.22. The van der Waals surface area contributed by atoms with E-state index in [1.807, 2.05) is 52.0 Å². The van der Waals surface area contributed by atoms with Crippen molar-refractivity contribution >= 4 is 39.1 Å². The molecule has 192 valence electrons. The molecule has 7 nitrogen and oxygen atoms in total. The molecular formula is C26H36ClN3O4S. The number of benzene rings is 2. The van der Waals surface area contributed by atoms with Crippen LogP contribution in [0.25, 0.3) is 0 Å². The van der Waals surface area contributed by atoms with Crippen LogP contribution in [0, 0.1) is 13.8 Å².